The largest absolute Gasteiger partial charge is 0.352 e. The first-order valence-electron chi connectivity index (χ1n) is 8.66. The lowest BCUT2D eigenvalue weighted by molar-refractivity contribution is -0.140. The maximum atomic E-state index is 12.5. The van der Waals surface area contributed by atoms with Crippen molar-refractivity contribution in [3.8, 4) is 0 Å². The van der Waals surface area contributed by atoms with Gasteiger partial charge < -0.3 is 10.2 Å². The van der Waals surface area contributed by atoms with E-state index in [1.807, 2.05) is 45.0 Å². The summed E-state index contributed by atoms with van der Waals surface area (Å²) < 4.78 is 0. The van der Waals surface area contributed by atoms with Gasteiger partial charge in [-0.1, -0.05) is 49.6 Å². The number of carbonyl (C=O) groups is 2. The number of hydrogen-bond acceptors (Lipinski definition) is 2. The van der Waals surface area contributed by atoms with Gasteiger partial charge >= 0.3 is 0 Å². The SMILES string of the molecule is CCC(=O)N(Cc1ccc(C)cc1)[C@H](C)C(=O)NC1CCCC1. The highest BCUT2D eigenvalue weighted by atomic mass is 16.2. The average Bonchev–Trinajstić information content (AvgIpc) is 3.06. The van der Waals surface area contributed by atoms with Crippen molar-refractivity contribution >= 4 is 11.8 Å². The van der Waals surface area contributed by atoms with Gasteiger partial charge in [-0.25, -0.2) is 0 Å². The number of nitrogens with zero attached hydrogens (tertiary/aromatic N) is 1. The van der Waals surface area contributed by atoms with E-state index in [-0.39, 0.29) is 17.9 Å². The van der Waals surface area contributed by atoms with Crippen molar-refractivity contribution in [1.82, 2.24) is 10.2 Å². The summed E-state index contributed by atoms with van der Waals surface area (Å²) >= 11 is 0. The number of hydrogen-bond donors (Lipinski definition) is 1. The Kier molecular flexibility index (Phi) is 6.20. The van der Waals surface area contributed by atoms with E-state index in [9.17, 15) is 9.59 Å². The molecular weight excluding hydrogens is 288 g/mol. The second-order valence-corrected chi connectivity index (χ2v) is 6.53. The van der Waals surface area contributed by atoms with Crippen molar-refractivity contribution in [1.29, 1.82) is 0 Å². The van der Waals surface area contributed by atoms with E-state index in [1.54, 1.807) is 4.90 Å². The van der Waals surface area contributed by atoms with Gasteiger partial charge in [0.25, 0.3) is 0 Å². The summed E-state index contributed by atoms with van der Waals surface area (Å²) in [7, 11) is 0. The van der Waals surface area contributed by atoms with Crippen LogP contribution in [0.25, 0.3) is 0 Å². The van der Waals surface area contributed by atoms with Crippen LogP contribution in [-0.2, 0) is 16.1 Å². The summed E-state index contributed by atoms with van der Waals surface area (Å²) in [4.78, 5) is 26.5. The standard InChI is InChI=1S/C19H28N2O2/c1-4-18(22)21(13-16-11-9-14(2)10-12-16)15(3)19(23)20-17-7-5-6-8-17/h9-12,15,17H,4-8,13H2,1-3H3,(H,20,23)/t15-/m1/s1. The molecule has 1 N–H and O–H groups in total. The van der Waals surface area contributed by atoms with Crippen molar-refractivity contribution in [3.63, 3.8) is 0 Å². The molecule has 1 atom stereocenters. The molecule has 0 bridgehead atoms. The summed E-state index contributed by atoms with van der Waals surface area (Å²) in [6.45, 7) is 6.18. The molecule has 1 saturated carbocycles. The summed E-state index contributed by atoms with van der Waals surface area (Å²) in [5.41, 5.74) is 2.24. The number of benzene rings is 1. The third kappa shape index (κ3) is 4.81. The molecule has 1 aromatic rings. The Labute approximate surface area is 139 Å². The van der Waals surface area contributed by atoms with E-state index in [2.05, 4.69) is 5.32 Å². The number of aryl methyl sites for hydroxylation is 1. The molecule has 0 aliphatic heterocycles. The topological polar surface area (TPSA) is 49.4 Å². The minimum Gasteiger partial charge on any atom is -0.352 e. The summed E-state index contributed by atoms with van der Waals surface area (Å²) in [6.07, 6.45) is 4.88. The first-order chi connectivity index (χ1) is 11.0. The molecule has 23 heavy (non-hydrogen) atoms. The molecule has 2 rings (SSSR count). The molecule has 4 heteroatoms. The van der Waals surface area contributed by atoms with Gasteiger partial charge in [-0.15, -0.1) is 0 Å². The minimum absolute atomic E-state index is 0.0136. The van der Waals surface area contributed by atoms with Gasteiger partial charge in [0.1, 0.15) is 6.04 Å². The molecule has 1 fully saturated rings. The number of amides is 2. The number of nitrogens with one attached hydrogen (secondary N) is 1. The molecule has 0 spiro atoms. The molecule has 2 amide bonds. The zero-order chi connectivity index (χ0) is 16.8. The maximum Gasteiger partial charge on any atom is 0.242 e. The predicted octanol–water partition coefficient (Wildman–Crippen LogP) is 3.18. The Morgan fingerprint density at radius 3 is 2.39 bits per heavy atom. The minimum atomic E-state index is -0.440. The Morgan fingerprint density at radius 1 is 1.22 bits per heavy atom. The lowest BCUT2D eigenvalue weighted by atomic mass is 10.1. The van der Waals surface area contributed by atoms with Crippen LogP contribution in [0.5, 0.6) is 0 Å². The molecule has 0 unspecified atom stereocenters. The van der Waals surface area contributed by atoms with Crippen LogP contribution in [0.3, 0.4) is 0 Å². The van der Waals surface area contributed by atoms with Gasteiger partial charge in [-0.3, -0.25) is 9.59 Å². The second-order valence-electron chi connectivity index (χ2n) is 6.53. The van der Waals surface area contributed by atoms with Crippen molar-refractivity contribution in [2.45, 2.75) is 71.5 Å². The monoisotopic (exact) mass is 316 g/mol. The van der Waals surface area contributed by atoms with E-state index in [1.165, 1.54) is 18.4 Å². The van der Waals surface area contributed by atoms with Gasteiger partial charge in [0.15, 0.2) is 0 Å². The highest BCUT2D eigenvalue weighted by Crippen LogP contribution is 2.18. The van der Waals surface area contributed by atoms with Crippen LogP contribution in [0.1, 0.15) is 57.1 Å². The van der Waals surface area contributed by atoms with Crippen molar-refractivity contribution < 1.29 is 9.59 Å². The van der Waals surface area contributed by atoms with E-state index in [0.717, 1.165) is 18.4 Å². The van der Waals surface area contributed by atoms with Gasteiger partial charge in [0.2, 0.25) is 11.8 Å². The average molecular weight is 316 g/mol. The Balaban J connectivity index is 2.05. The smallest absolute Gasteiger partial charge is 0.242 e. The van der Waals surface area contributed by atoms with Gasteiger partial charge in [-0.05, 0) is 32.3 Å². The Morgan fingerprint density at radius 2 is 1.83 bits per heavy atom. The molecule has 1 aliphatic carbocycles. The summed E-state index contributed by atoms with van der Waals surface area (Å²) in [5.74, 6) is -0.0227. The van der Waals surface area contributed by atoms with Crippen molar-refractivity contribution in [3.05, 3.63) is 35.4 Å². The molecule has 1 aliphatic rings. The Hall–Kier alpha value is -1.84. The van der Waals surface area contributed by atoms with Gasteiger partial charge in [-0.2, -0.15) is 0 Å². The molecule has 0 radical (unpaired) electrons. The lowest BCUT2D eigenvalue weighted by Gasteiger charge is -2.29. The van der Waals surface area contributed by atoms with Gasteiger partial charge in [0.05, 0.1) is 0 Å². The number of carbonyl (C=O) groups excluding carboxylic acids is 2. The fourth-order valence-electron chi connectivity index (χ4n) is 3.07. The molecule has 0 heterocycles. The lowest BCUT2D eigenvalue weighted by Crippen LogP contribution is -2.49. The van der Waals surface area contributed by atoms with Crippen molar-refractivity contribution in [2.24, 2.45) is 0 Å². The molecule has 4 nitrogen and oxygen atoms in total. The third-order valence-corrected chi connectivity index (χ3v) is 4.64. The normalized spacial score (nSPS) is 16.1. The predicted molar refractivity (Wildman–Crippen MR) is 91.9 cm³/mol. The van der Waals surface area contributed by atoms with E-state index in [0.29, 0.717) is 13.0 Å². The first kappa shape index (κ1) is 17.5. The zero-order valence-corrected chi connectivity index (χ0v) is 14.5. The quantitative estimate of drug-likeness (QED) is 0.876. The van der Waals surface area contributed by atoms with E-state index < -0.39 is 6.04 Å². The molecule has 0 aromatic heterocycles. The molecule has 126 valence electrons. The second kappa shape index (κ2) is 8.14. The van der Waals surface area contributed by atoms with Crippen LogP contribution >= 0.6 is 0 Å². The van der Waals surface area contributed by atoms with E-state index >= 15 is 0 Å². The van der Waals surface area contributed by atoms with E-state index in [4.69, 9.17) is 0 Å². The fraction of sp³-hybridized carbons (Fsp3) is 0.579. The molecule has 1 aromatic carbocycles. The summed E-state index contributed by atoms with van der Waals surface area (Å²) in [6, 6.07) is 7.95. The number of rotatable bonds is 6. The third-order valence-electron chi connectivity index (χ3n) is 4.64. The first-order valence-corrected chi connectivity index (χ1v) is 8.66. The fourth-order valence-corrected chi connectivity index (χ4v) is 3.07. The highest BCUT2D eigenvalue weighted by molar-refractivity contribution is 5.87. The van der Waals surface area contributed by atoms with Crippen LogP contribution in [-0.4, -0.2) is 28.8 Å². The van der Waals surface area contributed by atoms with Gasteiger partial charge in [0, 0.05) is 19.0 Å². The molecular formula is C19H28N2O2. The molecule has 0 saturated heterocycles. The van der Waals surface area contributed by atoms with Crippen LogP contribution in [0.2, 0.25) is 0 Å². The van der Waals surface area contributed by atoms with Crippen LogP contribution in [0.15, 0.2) is 24.3 Å². The highest BCUT2D eigenvalue weighted by Gasteiger charge is 2.27. The summed E-state index contributed by atoms with van der Waals surface area (Å²) in [5, 5.41) is 3.10. The zero-order valence-electron chi connectivity index (χ0n) is 14.5. The Bertz CT molecular complexity index is 533. The van der Waals surface area contributed by atoms with Crippen molar-refractivity contribution in [2.75, 3.05) is 0 Å². The van der Waals surface area contributed by atoms with Crippen LogP contribution in [0, 0.1) is 6.92 Å². The van der Waals surface area contributed by atoms with Crippen LogP contribution < -0.4 is 5.32 Å². The maximum absolute atomic E-state index is 12.5. The van der Waals surface area contributed by atoms with Crippen LogP contribution in [0.4, 0.5) is 0 Å².